The minimum absolute atomic E-state index is 0.0120. The molecule has 0 fully saturated rings. The Labute approximate surface area is 173 Å². The number of ether oxygens (including phenoxy) is 1. The lowest BCUT2D eigenvalue weighted by Crippen LogP contribution is -2.31. The van der Waals surface area contributed by atoms with Crippen LogP contribution >= 0.6 is 23.2 Å². The van der Waals surface area contributed by atoms with Crippen LogP contribution < -0.4 is 10.0 Å². The quantitative estimate of drug-likeness (QED) is 0.639. The van der Waals surface area contributed by atoms with E-state index in [0.717, 1.165) is 0 Å². The van der Waals surface area contributed by atoms with E-state index >= 15 is 0 Å². The fraction of sp³-hybridized carbons (Fsp3) is 0.222. The van der Waals surface area contributed by atoms with Gasteiger partial charge in [0.15, 0.2) is 6.61 Å². The number of sulfonamides is 1. The molecule has 0 aliphatic rings. The second-order valence-electron chi connectivity index (χ2n) is 5.77. The van der Waals surface area contributed by atoms with E-state index in [0.29, 0.717) is 15.6 Å². The zero-order valence-electron chi connectivity index (χ0n) is 15.0. The molecule has 10 heteroatoms. The molecule has 0 heterocycles. The van der Waals surface area contributed by atoms with Crippen LogP contribution in [-0.4, -0.2) is 33.9 Å². The zero-order chi connectivity index (χ0) is 20.9. The van der Waals surface area contributed by atoms with Gasteiger partial charge in [0.25, 0.3) is 5.91 Å². The number of halogens is 2. The summed E-state index contributed by atoms with van der Waals surface area (Å²) < 4.78 is 30.7. The van der Waals surface area contributed by atoms with E-state index in [4.69, 9.17) is 27.9 Å². The van der Waals surface area contributed by atoms with E-state index in [1.807, 2.05) is 0 Å². The molecule has 28 heavy (non-hydrogen) atoms. The van der Waals surface area contributed by atoms with Gasteiger partial charge < -0.3 is 10.1 Å². The number of hydrogen-bond acceptors (Lipinski definition) is 5. The average molecular weight is 445 g/mol. The summed E-state index contributed by atoms with van der Waals surface area (Å²) >= 11 is 12.0. The van der Waals surface area contributed by atoms with E-state index < -0.39 is 34.5 Å². The standard InChI is InChI=1S/C18H18Cl2N2O5S/c1-11(15-7-6-13(19)9-16(15)20)22-17(23)10-27-18(24)12-4-3-5-14(8-12)28(25,26)21-2/h3-9,11,21H,10H2,1-2H3,(H,22,23)/t11-/m1/s1. The maximum absolute atomic E-state index is 12.1. The number of benzene rings is 2. The summed E-state index contributed by atoms with van der Waals surface area (Å²) in [5, 5.41) is 3.54. The number of esters is 1. The van der Waals surface area contributed by atoms with Crippen LogP contribution in [-0.2, 0) is 19.6 Å². The lowest BCUT2D eigenvalue weighted by molar-refractivity contribution is -0.124. The first kappa shape index (κ1) is 22.2. The fourth-order valence-corrected chi connectivity index (χ4v) is 3.68. The first-order valence-corrected chi connectivity index (χ1v) is 10.3. The lowest BCUT2D eigenvalue weighted by Gasteiger charge is -2.16. The minimum atomic E-state index is -3.70. The van der Waals surface area contributed by atoms with E-state index in [-0.39, 0.29) is 10.5 Å². The molecular weight excluding hydrogens is 427 g/mol. The van der Waals surface area contributed by atoms with Crippen molar-refractivity contribution >= 4 is 45.1 Å². The van der Waals surface area contributed by atoms with Gasteiger partial charge in [-0.05, 0) is 49.9 Å². The third kappa shape index (κ3) is 5.68. The van der Waals surface area contributed by atoms with Crippen molar-refractivity contribution in [3.8, 4) is 0 Å². The lowest BCUT2D eigenvalue weighted by atomic mass is 10.1. The summed E-state index contributed by atoms with van der Waals surface area (Å²) in [5.41, 5.74) is 0.675. The number of rotatable bonds is 7. The van der Waals surface area contributed by atoms with Gasteiger partial charge in [0.2, 0.25) is 10.0 Å². The number of amides is 1. The molecule has 2 aromatic rings. The molecule has 0 aliphatic heterocycles. The second-order valence-corrected chi connectivity index (χ2v) is 8.50. The van der Waals surface area contributed by atoms with Crippen LogP contribution in [0.5, 0.6) is 0 Å². The summed E-state index contributed by atoms with van der Waals surface area (Å²) in [7, 11) is -2.44. The van der Waals surface area contributed by atoms with E-state index in [2.05, 4.69) is 10.0 Å². The molecule has 2 rings (SSSR count). The number of carbonyl (C=O) groups excluding carboxylic acids is 2. The Hall–Kier alpha value is -2.13. The Morgan fingerprint density at radius 2 is 1.86 bits per heavy atom. The summed E-state index contributed by atoms with van der Waals surface area (Å²) in [4.78, 5) is 24.1. The Balaban J connectivity index is 1.97. The van der Waals surface area contributed by atoms with Crippen molar-refractivity contribution in [3.63, 3.8) is 0 Å². The molecule has 0 aromatic heterocycles. The monoisotopic (exact) mass is 444 g/mol. The Kier molecular flexibility index (Phi) is 7.42. The van der Waals surface area contributed by atoms with Crippen LogP contribution in [0.4, 0.5) is 0 Å². The summed E-state index contributed by atoms with van der Waals surface area (Å²) in [6.07, 6.45) is 0. The topological polar surface area (TPSA) is 102 Å². The molecule has 0 spiro atoms. The van der Waals surface area contributed by atoms with Gasteiger partial charge in [-0.15, -0.1) is 0 Å². The minimum Gasteiger partial charge on any atom is -0.452 e. The molecular formula is C18H18Cl2N2O5S. The largest absolute Gasteiger partial charge is 0.452 e. The smallest absolute Gasteiger partial charge is 0.338 e. The van der Waals surface area contributed by atoms with Gasteiger partial charge in [0, 0.05) is 10.0 Å². The van der Waals surface area contributed by atoms with E-state index in [1.54, 1.807) is 25.1 Å². The normalized spacial score (nSPS) is 12.3. The molecule has 2 aromatic carbocycles. The number of carbonyl (C=O) groups is 2. The third-order valence-corrected chi connectivity index (χ3v) is 5.76. The molecule has 0 unspecified atom stereocenters. The van der Waals surface area contributed by atoms with Gasteiger partial charge in [-0.2, -0.15) is 0 Å². The Morgan fingerprint density at radius 1 is 1.14 bits per heavy atom. The van der Waals surface area contributed by atoms with Crippen molar-refractivity contribution in [2.75, 3.05) is 13.7 Å². The first-order chi connectivity index (χ1) is 13.1. The zero-order valence-corrected chi connectivity index (χ0v) is 17.4. The maximum Gasteiger partial charge on any atom is 0.338 e. The fourth-order valence-electron chi connectivity index (χ4n) is 2.34. The van der Waals surface area contributed by atoms with E-state index in [9.17, 15) is 18.0 Å². The highest BCUT2D eigenvalue weighted by Gasteiger charge is 2.17. The van der Waals surface area contributed by atoms with Crippen LogP contribution in [0.3, 0.4) is 0 Å². The predicted octanol–water partition coefficient (Wildman–Crippen LogP) is 2.94. The molecule has 7 nitrogen and oxygen atoms in total. The van der Waals surface area contributed by atoms with Gasteiger partial charge in [-0.1, -0.05) is 35.3 Å². The van der Waals surface area contributed by atoms with Crippen molar-refractivity contribution in [1.82, 2.24) is 10.0 Å². The van der Waals surface area contributed by atoms with Crippen LogP contribution in [0.2, 0.25) is 10.0 Å². The van der Waals surface area contributed by atoms with Gasteiger partial charge >= 0.3 is 5.97 Å². The third-order valence-electron chi connectivity index (χ3n) is 3.79. The molecule has 150 valence electrons. The average Bonchev–Trinajstić information content (AvgIpc) is 2.66. The first-order valence-electron chi connectivity index (χ1n) is 8.09. The summed E-state index contributed by atoms with van der Waals surface area (Å²) in [6.45, 7) is 1.19. The molecule has 0 saturated heterocycles. The molecule has 0 radical (unpaired) electrons. The van der Waals surface area contributed by atoms with Crippen molar-refractivity contribution in [1.29, 1.82) is 0 Å². The molecule has 2 N–H and O–H groups in total. The van der Waals surface area contributed by atoms with Crippen molar-refractivity contribution in [3.05, 3.63) is 63.6 Å². The van der Waals surface area contributed by atoms with Crippen LogP contribution in [0.25, 0.3) is 0 Å². The highest BCUT2D eigenvalue weighted by molar-refractivity contribution is 7.89. The SMILES string of the molecule is CNS(=O)(=O)c1cccc(C(=O)OCC(=O)N[C@H](C)c2ccc(Cl)cc2Cl)c1. The molecule has 0 saturated carbocycles. The highest BCUT2D eigenvalue weighted by atomic mass is 35.5. The molecule has 1 amide bonds. The van der Waals surface area contributed by atoms with Crippen molar-refractivity contribution in [2.24, 2.45) is 0 Å². The Morgan fingerprint density at radius 3 is 2.50 bits per heavy atom. The van der Waals surface area contributed by atoms with Gasteiger partial charge in [-0.25, -0.2) is 17.9 Å². The van der Waals surface area contributed by atoms with Gasteiger partial charge in [0.05, 0.1) is 16.5 Å². The van der Waals surface area contributed by atoms with Crippen LogP contribution in [0.15, 0.2) is 47.4 Å². The summed E-state index contributed by atoms with van der Waals surface area (Å²) in [5.74, 6) is -1.36. The molecule has 0 aliphatic carbocycles. The number of nitrogens with one attached hydrogen (secondary N) is 2. The molecule has 1 atom stereocenters. The van der Waals surface area contributed by atoms with Crippen LogP contribution in [0, 0.1) is 0 Å². The summed E-state index contributed by atoms with van der Waals surface area (Å²) in [6, 6.07) is 9.78. The van der Waals surface area contributed by atoms with Crippen LogP contribution in [0.1, 0.15) is 28.9 Å². The Bertz CT molecular complexity index is 995. The van der Waals surface area contributed by atoms with E-state index in [1.165, 1.54) is 31.3 Å². The maximum atomic E-state index is 12.1. The predicted molar refractivity (Wildman–Crippen MR) is 106 cm³/mol. The highest BCUT2D eigenvalue weighted by Crippen LogP contribution is 2.26. The number of hydrogen-bond donors (Lipinski definition) is 2. The van der Waals surface area contributed by atoms with Gasteiger partial charge in [-0.3, -0.25) is 4.79 Å². The second kappa shape index (κ2) is 9.38. The van der Waals surface area contributed by atoms with Crippen molar-refractivity contribution < 1.29 is 22.7 Å². The molecule has 0 bridgehead atoms. The van der Waals surface area contributed by atoms with Gasteiger partial charge in [0.1, 0.15) is 0 Å². The van der Waals surface area contributed by atoms with Crippen molar-refractivity contribution in [2.45, 2.75) is 17.9 Å².